The van der Waals surface area contributed by atoms with Crippen molar-refractivity contribution < 1.29 is 4.74 Å². The minimum absolute atomic E-state index is 0.716. The summed E-state index contributed by atoms with van der Waals surface area (Å²) in [6, 6.07) is 0.897. The maximum atomic E-state index is 5.28. The zero-order chi connectivity index (χ0) is 16.4. The molecule has 24 heavy (non-hydrogen) atoms. The number of ether oxygens (including phenoxy) is 1. The molecule has 0 N–H and O–H groups in total. The lowest BCUT2D eigenvalue weighted by molar-refractivity contribution is -0.0766. The summed E-state index contributed by atoms with van der Waals surface area (Å²) < 4.78 is 5.28. The van der Waals surface area contributed by atoms with E-state index in [1.165, 1.54) is 58.0 Å². The Morgan fingerprint density at radius 2 is 1.50 bits per heavy atom. The third kappa shape index (κ3) is 3.85. The van der Waals surface area contributed by atoms with Crippen molar-refractivity contribution in [2.45, 2.75) is 89.5 Å². The first-order chi connectivity index (χ1) is 11.8. The van der Waals surface area contributed by atoms with E-state index >= 15 is 0 Å². The molecule has 2 heteroatoms. The molecule has 4 bridgehead atoms. The number of methoxy groups -OCH3 is 1. The number of hydrogen-bond acceptors (Lipinski definition) is 2. The molecule has 0 unspecified atom stereocenters. The molecule has 0 aromatic rings. The van der Waals surface area contributed by atoms with Crippen molar-refractivity contribution in [1.82, 2.24) is 4.90 Å². The second-order valence-electron chi connectivity index (χ2n) is 9.88. The second kappa shape index (κ2) is 7.66. The van der Waals surface area contributed by atoms with Crippen LogP contribution in [0.5, 0.6) is 0 Å². The largest absolute Gasteiger partial charge is 0.385 e. The molecule has 5 fully saturated rings. The lowest BCUT2D eigenvalue weighted by Gasteiger charge is -2.58. The quantitative estimate of drug-likeness (QED) is 0.561. The highest BCUT2D eigenvalue weighted by atomic mass is 16.5. The highest BCUT2D eigenvalue weighted by molar-refractivity contribution is 5.03. The molecule has 0 saturated heterocycles. The van der Waals surface area contributed by atoms with Gasteiger partial charge in [0, 0.05) is 26.3 Å². The average molecular weight is 334 g/mol. The lowest BCUT2D eigenvalue weighted by atomic mass is 9.49. The number of hydrogen-bond donors (Lipinski definition) is 0. The second-order valence-corrected chi connectivity index (χ2v) is 9.88. The monoisotopic (exact) mass is 333 g/mol. The van der Waals surface area contributed by atoms with Crippen molar-refractivity contribution in [1.29, 1.82) is 0 Å². The minimum atomic E-state index is 0.716. The van der Waals surface area contributed by atoms with E-state index in [0.29, 0.717) is 5.41 Å². The molecule has 0 heterocycles. The summed E-state index contributed by atoms with van der Waals surface area (Å²) in [7, 11) is 1.84. The Morgan fingerprint density at radius 1 is 0.875 bits per heavy atom. The van der Waals surface area contributed by atoms with Crippen molar-refractivity contribution in [3.8, 4) is 0 Å². The van der Waals surface area contributed by atoms with E-state index in [1.807, 2.05) is 7.11 Å². The molecule has 5 aliphatic carbocycles. The van der Waals surface area contributed by atoms with E-state index < -0.39 is 0 Å². The van der Waals surface area contributed by atoms with E-state index in [9.17, 15) is 0 Å². The molecular formula is C22H39NO. The van der Waals surface area contributed by atoms with Crippen LogP contribution in [0.25, 0.3) is 0 Å². The van der Waals surface area contributed by atoms with Crippen LogP contribution in [0.4, 0.5) is 0 Å². The van der Waals surface area contributed by atoms with Crippen molar-refractivity contribution in [3.05, 3.63) is 0 Å². The normalized spacial score (nSPS) is 39.0. The minimum Gasteiger partial charge on any atom is -0.385 e. The van der Waals surface area contributed by atoms with Crippen molar-refractivity contribution in [2.75, 3.05) is 26.8 Å². The molecule has 5 aliphatic rings. The molecule has 0 amide bonds. The van der Waals surface area contributed by atoms with Gasteiger partial charge in [-0.15, -0.1) is 0 Å². The third-order valence-corrected chi connectivity index (χ3v) is 7.84. The smallest absolute Gasteiger partial charge is 0.0462 e. The van der Waals surface area contributed by atoms with Gasteiger partial charge in [0.25, 0.3) is 0 Å². The number of unbranched alkanes of at least 4 members (excludes halogenated alkanes) is 1. The summed E-state index contributed by atoms with van der Waals surface area (Å²) >= 11 is 0. The predicted molar refractivity (Wildman–Crippen MR) is 100 cm³/mol. The van der Waals surface area contributed by atoms with Gasteiger partial charge < -0.3 is 4.74 Å². The van der Waals surface area contributed by atoms with Crippen molar-refractivity contribution in [3.63, 3.8) is 0 Å². The fourth-order valence-electron chi connectivity index (χ4n) is 7.31. The molecule has 0 atom stereocenters. The highest BCUT2D eigenvalue weighted by Crippen LogP contribution is 2.60. The third-order valence-electron chi connectivity index (χ3n) is 7.84. The van der Waals surface area contributed by atoms with Crippen LogP contribution in [0, 0.1) is 23.2 Å². The molecule has 0 radical (unpaired) electrons. The summed E-state index contributed by atoms with van der Waals surface area (Å²) in [6.07, 6.45) is 19.4. The van der Waals surface area contributed by atoms with E-state index in [-0.39, 0.29) is 0 Å². The van der Waals surface area contributed by atoms with E-state index in [2.05, 4.69) is 4.90 Å². The zero-order valence-corrected chi connectivity index (χ0v) is 16.0. The zero-order valence-electron chi connectivity index (χ0n) is 16.0. The molecule has 0 spiro atoms. The first-order valence-electron chi connectivity index (χ1n) is 11.0. The first-order valence-corrected chi connectivity index (χ1v) is 11.0. The van der Waals surface area contributed by atoms with Gasteiger partial charge in [-0.2, -0.15) is 0 Å². The highest BCUT2D eigenvalue weighted by Gasteiger charge is 2.51. The van der Waals surface area contributed by atoms with Gasteiger partial charge in [0.15, 0.2) is 0 Å². The van der Waals surface area contributed by atoms with Gasteiger partial charge in [0.1, 0.15) is 0 Å². The van der Waals surface area contributed by atoms with Gasteiger partial charge in [-0.25, -0.2) is 0 Å². The number of nitrogens with zero attached hydrogens (tertiary/aromatic N) is 1. The van der Waals surface area contributed by atoms with Crippen molar-refractivity contribution >= 4 is 0 Å². The van der Waals surface area contributed by atoms with E-state index in [1.54, 1.807) is 38.5 Å². The van der Waals surface area contributed by atoms with Crippen LogP contribution in [0.3, 0.4) is 0 Å². The summed E-state index contributed by atoms with van der Waals surface area (Å²) in [5.74, 6) is 3.29. The van der Waals surface area contributed by atoms with Crippen molar-refractivity contribution in [2.24, 2.45) is 23.2 Å². The molecule has 0 aromatic heterocycles. The Bertz CT molecular complexity index is 365. The Hall–Kier alpha value is -0.0800. The molecule has 5 saturated carbocycles. The van der Waals surface area contributed by atoms with Crippen LogP contribution in [-0.2, 0) is 4.74 Å². The average Bonchev–Trinajstić information content (AvgIpc) is 2.57. The molecule has 0 aromatic carbocycles. The maximum Gasteiger partial charge on any atom is 0.0462 e. The molecule has 138 valence electrons. The van der Waals surface area contributed by atoms with Crippen LogP contribution in [0.2, 0.25) is 0 Å². The molecule has 2 nitrogen and oxygen atoms in total. The molecular weight excluding hydrogens is 294 g/mol. The van der Waals surface area contributed by atoms with Crippen LogP contribution in [-0.4, -0.2) is 37.7 Å². The Morgan fingerprint density at radius 3 is 2.08 bits per heavy atom. The van der Waals surface area contributed by atoms with Crippen LogP contribution >= 0.6 is 0 Å². The SMILES string of the molecule is COCCCCN(CC12CC3CC(CC(C3)C1)C2)C1CCCCC1. The molecule has 5 rings (SSSR count). The standard InChI is InChI=1S/C22H39NO/c1-24-10-6-5-9-23(21-7-3-2-4-8-21)17-22-14-18-11-19(15-22)13-20(12-18)16-22/h18-21H,2-17H2,1H3. The van der Waals surface area contributed by atoms with Gasteiger partial charge >= 0.3 is 0 Å². The Labute approximate surface area is 149 Å². The van der Waals surface area contributed by atoms with E-state index in [0.717, 1.165) is 30.4 Å². The van der Waals surface area contributed by atoms with Gasteiger partial charge in [-0.3, -0.25) is 4.90 Å². The Kier molecular flexibility index (Phi) is 5.53. The van der Waals surface area contributed by atoms with Gasteiger partial charge in [0.05, 0.1) is 0 Å². The van der Waals surface area contributed by atoms with E-state index in [4.69, 9.17) is 4.74 Å². The van der Waals surface area contributed by atoms with Crippen LogP contribution < -0.4 is 0 Å². The fourth-order valence-corrected chi connectivity index (χ4v) is 7.31. The number of rotatable bonds is 8. The summed E-state index contributed by atoms with van der Waals surface area (Å²) in [5.41, 5.74) is 0.716. The van der Waals surface area contributed by atoms with Gasteiger partial charge in [-0.1, -0.05) is 19.3 Å². The topological polar surface area (TPSA) is 12.5 Å². The first kappa shape index (κ1) is 17.3. The van der Waals surface area contributed by atoms with Gasteiger partial charge in [-0.05, 0) is 93.9 Å². The summed E-state index contributed by atoms with van der Waals surface area (Å²) in [4.78, 5) is 2.97. The Balaban J connectivity index is 1.40. The van der Waals surface area contributed by atoms with Crippen LogP contribution in [0.1, 0.15) is 83.5 Å². The summed E-state index contributed by atoms with van der Waals surface area (Å²) in [5, 5.41) is 0. The summed E-state index contributed by atoms with van der Waals surface area (Å²) in [6.45, 7) is 3.71. The predicted octanol–water partition coefficient (Wildman–Crippen LogP) is 5.26. The van der Waals surface area contributed by atoms with Gasteiger partial charge in [0.2, 0.25) is 0 Å². The fraction of sp³-hybridized carbons (Fsp3) is 1.00. The molecule has 0 aliphatic heterocycles. The maximum absolute atomic E-state index is 5.28. The van der Waals surface area contributed by atoms with Crippen LogP contribution in [0.15, 0.2) is 0 Å². The lowest BCUT2D eigenvalue weighted by Crippen LogP contribution is -2.53.